The molecule has 0 aliphatic rings. The normalized spacial score (nSPS) is 9.65. The zero-order valence-corrected chi connectivity index (χ0v) is 11.4. The summed E-state index contributed by atoms with van der Waals surface area (Å²) in [5.41, 5.74) is 1.31. The first-order chi connectivity index (χ1) is 9.63. The number of anilines is 1. The third kappa shape index (κ3) is 3.08. The van der Waals surface area contributed by atoms with E-state index < -0.39 is 0 Å². The zero-order valence-electron chi connectivity index (χ0n) is 10.7. The number of carbonyl (C=O) groups is 1. The summed E-state index contributed by atoms with van der Waals surface area (Å²) < 4.78 is 5.03. The van der Waals surface area contributed by atoms with Crippen LogP contribution in [0.2, 0.25) is 5.02 Å². The molecule has 20 heavy (non-hydrogen) atoms. The second kappa shape index (κ2) is 6.09. The monoisotopic (exact) mass is 286 g/mol. The van der Waals surface area contributed by atoms with E-state index in [-0.39, 0.29) is 5.91 Å². The average molecular weight is 287 g/mol. The minimum atomic E-state index is -0.301. The molecule has 0 saturated heterocycles. The van der Waals surface area contributed by atoms with Crippen molar-refractivity contribution in [2.45, 2.75) is 0 Å². The number of rotatable bonds is 3. The molecule has 0 fully saturated rings. The quantitative estimate of drug-likeness (QED) is 0.939. The van der Waals surface area contributed by atoms with Crippen LogP contribution in [0.3, 0.4) is 0 Å². The Hall–Kier alpha value is -2.51. The van der Waals surface area contributed by atoms with Crippen LogP contribution < -0.4 is 10.1 Å². The van der Waals surface area contributed by atoms with Gasteiger partial charge in [0.05, 0.1) is 29.5 Å². The molecule has 2 aromatic carbocycles. The summed E-state index contributed by atoms with van der Waals surface area (Å²) in [5.74, 6) is 0.371. The fourth-order valence-corrected chi connectivity index (χ4v) is 1.79. The number of methoxy groups -OCH3 is 1. The summed E-state index contributed by atoms with van der Waals surface area (Å²) in [5, 5.41) is 11.9. The Balaban J connectivity index is 2.20. The molecule has 100 valence electrons. The van der Waals surface area contributed by atoms with Gasteiger partial charge in [0.2, 0.25) is 0 Å². The maximum absolute atomic E-state index is 12.1. The van der Waals surface area contributed by atoms with Crippen LogP contribution in [0.15, 0.2) is 42.5 Å². The van der Waals surface area contributed by atoms with Gasteiger partial charge in [-0.15, -0.1) is 0 Å². The maximum atomic E-state index is 12.1. The van der Waals surface area contributed by atoms with Gasteiger partial charge in [-0.05, 0) is 42.5 Å². The Labute approximate surface area is 121 Å². The Kier molecular flexibility index (Phi) is 4.24. The van der Waals surface area contributed by atoms with Crippen LogP contribution >= 0.6 is 11.6 Å². The van der Waals surface area contributed by atoms with Crippen LogP contribution in [0.5, 0.6) is 5.75 Å². The Bertz CT molecular complexity index is 675. The fourth-order valence-electron chi connectivity index (χ4n) is 1.63. The summed E-state index contributed by atoms with van der Waals surface area (Å²) in [6.45, 7) is 0. The van der Waals surface area contributed by atoms with Crippen molar-refractivity contribution in [1.82, 2.24) is 0 Å². The Morgan fingerprint density at radius 3 is 2.55 bits per heavy atom. The predicted octanol–water partition coefficient (Wildman–Crippen LogP) is 3.47. The van der Waals surface area contributed by atoms with Crippen LogP contribution in [0.1, 0.15) is 15.9 Å². The van der Waals surface area contributed by atoms with Crippen LogP contribution in [-0.2, 0) is 0 Å². The lowest BCUT2D eigenvalue weighted by atomic mass is 10.2. The molecule has 0 aliphatic heterocycles. The van der Waals surface area contributed by atoms with E-state index in [2.05, 4.69) is 5.32 Å². The van der Waals surface area contributed by atoms with E-state index in [1.165, 1.54) is 6.07 Å². The van der Waals surface area contributed by atoms with E-state index >= 15 is 0 Å². The van der Waals surface area contributed by atoms with Gasteiger partial charge in [0, 0.05) is 5.56 Å². The van der Waals surface area contributed by atoms with Gasteiger partial charge in [0.25, 0.3) is 5.91 Å². The lowest BCUT2D eigenvalue weighted by Gasteiger charge is -2.08. The number of amides is 1. The van der Waals surface area contributed by atoms with E-state index in [4.69, 9.17) is 21.6 Å². The highest BCUT2D eigenvalue weighted by Crippen LogP contribution is 2.23. The van der Waals surface area contributed by atoms with Crippen LogP contribution in [0, 0.1) is 11.3 Å². The molecule has 0 heterocycles. The molecular weight excluding hydrogens is 276 g/mol. The highest BCUT2D eigenvalue weighted by molar-refractivity contribution is 6.34. The summed E-state index contributed by atoms with van der Waals surface area (Å²) in [6.07, 6.45) is 0. The molecule has 2 rings (SSSR count). The van der Waals surface area contributed by atoms with Crippen molar-refractivity contribution in [3.8, 4) is 11.8 Å². The second-order valence-corrected chi connectivity index (χ2v) is 4.40. The van der Waals surface area contributed by atoms with Gasteiger partial charge in [0.15, 0.2) is 0 Å². The largest absolute Gasteiger partial charge is 0.497 e. The molecule has 0 unspecified atom stereocenters. The van der Waals surface area contributed by atoms with Crippen molar-refractivity contribution in [2.24, 2.45) is 0 Å². The number of nitriles is 1. The molecular formula is C15H11ClN2O2. The first-order valence-corrected chi connectivity index (χ1v) is 6.17. The van der Waals surface area contributed by atoms with Crippen LogP contribution in [0.4, 0.5) is 5.69 Å². The van der Waals surface area contributed by atoms with Gasteiger partial charge >= 0.3 is 0 Å². The second-order valence-electron chi connectivity index (χ2n) is 3.99. The summed E-state index contributed by atoms with van der Waals surface area (Å²) in [6, 6.07) is 13.4. The Morgan fingerprint density at radius 1 is 1.25 bits per heavy atom. The topological polar surface area (TPSA) is 62.1 Å². The van der Waals surface area contributed by atoms with Crippen molar-refractivity contribution in [1.29, 1.82) is 5.26 Å². The molecule has 0 spiro atoms. The lowest BCUT2D eigenvalue weighted by molar-refractivity contribution is 0.102. The highest BCUT2D eigenvalue weighted by atomic mass is 35.5. The number of hydrogen-bond donors (Lipinski definition) is 1. The van der Waals surface area contributed by atoms with E-state index in [1.807, 2.05) is 6.07 Å². The van der Waals surface area contributed by atoms with Gasteiger partial charge in [-0.3, -0.25) is 4.79 Å². The van der Waals surface area contributed by atoms with E-state index in [1.54, 1.807) is 43.5 Å². The van der Waals surface area contributed by atoms with E-state index in [9.17, 15) is 4.79 Å². The maximum Gasteiger partial charge on any atom is 0.255 e. The number of hydrogen-bond acceptors (Lipinski definition) is 3. The standard InChI is InChI=1S/C15H11ClN2O2/c1-20-12-5-3-11(4-6-12)15(19)18-14-8-10(9-17)2-7-13(14)16/h2-8H,1H3,(H,18,19). The predicted molar refractivity (Wildman–Crippen MR) is 77.1 cm³/mol. The van der Waals surface area contributed by atoms with Gasteiger partial charge in [-0.25, -0.2) is 0 Å². The number of benzene rings is 2. The molecule has 0 radical (unpaired) electrons. The molecule has 1 N–H and O–H groups in total. The molecule has 0 aliphatic carbocycles. The van der Waals surface area contributed by atoms with Gasteiger partial charge in [0.1, 0.15) is 5.75 Å². The zero-order chi connectivity index (χ0) is 14.5. The molecule has 5 heteroatoms. The summed E-state index contributed by atoms with van der Waals surface area (Å²) in [7, 11) is 1.56. The van der Waals surface area contributed by atoms with Crippen molar-refractivity contribution in [3.63, 3.8) is 0 Å². The van der Waals surface area contributed by atoms with Gasteiger partial charge in [-0.2, -0.15) is 5.26 Å². The van der Waals surface area contributed by atoms with Gasteiger partial charge < -0.3 is 10.1 Å². The minimum absolute atomic E-state index is 0.301. The highest BCUT2D eigenvalue weighted by Gasteiger charge is 2.09. The molecule has 0 aromatic heterocycles. The number of nitrogens with one attached hydrogen (secondary N) is 1. The smallest absolute Gasteiger partial charge is 0.255 e. The van der Waals surface area contributed by atoms with Crippen LogP contribution in [-0.4, -0.2) is 13.0 Å². The van der Waals surface area contributed by atoms with E-state index in [0.717, 1.165) is 0 Å². The van der Waals surface area contributed by atoms with Crippen LogP contribution in [0.25, 0.3) is 0 Å². The SMILES string of the molecule is COc1ccc(C(=O)Nc2cc(C#N)ccc2Cl)cc1. The number of ether oxygens (including phenoxy) is 1. The van der Waals surface area contributed by atoms with Crippen molar-refractivity contribution >= 4 is 23.2 Å². The molecule has 0 saturated carbocycles. The minimum Gasteiger partial charge on any atom is -0.497 e. The molecule has 1 amide bonds. The third-order valence-electron chi connectivity index (χ3n) is 2.70. The molecule has 0 atom stereocenters. The first kappa shape index (κ1) is 13.9. The Morgan fingerprint density at radius 2 is 1.95 bits per heavy atom. The van der Waals surface area contributed by atoms with E-state index in [0.29, 0.717) is 27.6 Å². The number of carbonyl (C=O) groups excluding carboxylic acids is 1. The van der Waals surface area contributed by atoms with Crippen molar-refractivity contribution in [2.75, 3.05) is 12.4 Å². The first-order valence-electron chi connectivity index (χ1n) is 5.79. The number of nitrogens with zero attached hydrogens (tertiary/aromatic N) is 1. The fraction of sp³-hybridized carbons (Fsp3) is 0.0667. The third-order valence-corrected chi connectivity index (χ3v) is 3.03. The molecule has 0 bridgehead atoms. The van der Waals surface area contributed by atoms with Crippen molar-refractivity contribution < 1.29 is 9.53 Å². The van der Waals surface area contributed by atoms with Crippen molar-refractivity contribution in [3.05, 3.63) is 58.6 Å². The summed E-state index contributed by atoms with van der Waals surface area (Å²) >= 11 is 5.99. The summed E-state index contributed by atoms with van der Waals surface area (Å²) in [4.78, 5) is 12.1. The molecule has 4 nitrogen and oxygen atoms in total. The van der Waals surface area contributed by atoms with Gasteiger partial charge in [-0.1, -0.05) is 11.6 Å². The number of halogens is 1. The average Bonchev–Trinajstić information content (AvgIpc) is 2.49. The molecule has 2 aromatic rings. The lowest BCUT2D eigenvalue weighted by Crippen LogP contribution is -2.12.